The fourth-order valence-electron chi connectivity index (χ4n) is 5.71. The maximum atomic E-state index is 14.8. The number of rotatable bonds is 5. The van der Waals surface area contributed by atoms with Crippen LogP contribution in [0.25, 0.3) is 11.1 Å². The molecule has 2 aromatic heterocycles. The number of carbonyl (C=O) groups is 1. The zero-order valence-corrected chi connectivity index (χ0v) is 19.9. The van der Waals surface area contributed by atoms with Crippen molar-refractivity contribution in [3.63, 3.8) is 0 Å². The molecule has 3 aromatic rings. The molecule has 2 bridgehead atoms. The van der Waals surface area contributed by atoms with Gasteiger partial charge in [-0.05, 0) is 55.9 Å². The second kappa shape index (κ2) is 9.08. The van der Waals surface area contributed by atoms with E-state index in [9.17, 15) is 22.4 Å². The molecule has 4 fully saturated rings. The normalized spacial score (nSPS) is 22.5. The number of nitrogens with one attached hydrogen (secondary N) is 1. The Bertz CT molecular complexity index is 1330. The zero-order valence-electron chi connectivity index (χ0n) is 19.9. The van der Waals surface area contributed by atoms with Gasteiger partial charge in [-0.1, -0.05) is 0 Å². The molecule has 0 spiro atoms. The number of carbonyl (C=O) groups excluding carboxylic acids is 1. The van der Waals surface area contributed by atoms with Crippen molar-refractivity contribution in [3.8, 4) is 11.1 Å². The van der Waals surface area contributed by atoms with Crippen LogP contribution in [0.3, 0.4) is 0 Å². The maximum Gasteiger partial charge on any atom is 0.258 e. The second-order valence-corrected chi connectivity index (χ2v) is 10.2. The van der Waals surface area contributed by atoms with Gasteiger partial charge in [0.25, 0.3) is 5.91 Å². The predicted octanol–water partition coefficient (Wildman–Crippen LogP) is 5.96. The fraction of sp³-hybridized carbons (Fsp3) is 0.407. The van der Waals surface area contributed by atoms with Crippen LogP contribution in [-0.4, -0.2) is 39.4 Å². The van der Waals surface area contributed by atoms with Crippen LogP contribution in [0.5, 0.6) is 0 Å². The largest absolute Gasteiger partial charge is 0.338 e. The van der Waals surface area contributed by atoms with E-state index in [-0.39, 0.29) is 54.0 Å². The number of halogens is 4. The van der Waals surface area contributed by atoms with E-state index in [1.807, 2.05) is 0 Å². The lowest BCUT2D eigenvalue weighted by atomic mass is 9.83. The summed E-state index contributed by atoms with van der Waals surface area (Å²) in [6.07, 6.45) is 6.29. The summed E-state index contributed by atoms with van der Waals surface area (Å²) in [6.45, 7) is 0.915. The highest BCUT2D eigenvalue weighted by Crippen LogP contribution is 2.45. The number of fused-ring (bicyclic) bond motifs is 1. The van der Waals surface area contributed by atoms with Gasteiger partial charge < -0.3 is 10.2 Å². The van der Waals surface area contributed by atoms with Crippen molar-refractivity contribution >= 4 is 17.5 Å². The topological polar surface area (TPSA) is 71.0 Å². The van der Waals surface area contributed by atoms with E-state index in [0.717, 1.165) is 37.6 Å². The Labute approximate surface area is 211 Å². The molecule has 0 atom stereocenters. The van der Waals surface area contributed by atoms with E-state index in [0.29, 0.717) is 23.6 Å². The molecule has 6 nitrogen and oxygen atoms in total. The third-order valence-corrected chi connectivity index (χ3v) is 7.81. The molecule has 7 rings (SSSR count). The third kappa shape index (κ3) is 4.53. The second-order valence-electron chi connectivity index (χ2n) is 10.2. The smallest absolute Gasteiger partial charge is 0.258 e. The number of alkyl halides is 2. The summed E-state index contributed by atoms with van der Waals surface area (Å²) >= 11 is 0. The SMILES string of the molecule is O=C(Nc1c(-c2cc(F)ccc2F)ccnc1C1CCC(F)(F)CC1)c1cnc(N2CC3CC2C3)nc1. The lowest BCUT2D eigenvalue weighted by Crippen LogP contribution is -2.30. The molecular formula is C27H25F4N5O. The molecule has 2 saturated heterocycles. The molecule has 2 aliphatic carbocycles. The maximum absolute atomic E-state index is 14.8. The molecule has 2 aliphatic heterocycles. The molecule has 4 aliphatic rings. The van der Waals surface area contributed by atoms with Gasteiger partial charge in [0, 0.05) is 61.1 Å². The van der Waals surface area contributed by atoms with Crippen LogP contribution in [0.15, 0.2) is 42.9 Å². The Morgan fingerprint density at radius 2 is 1.73 bits per heavy atom. The van der Waals surface area contributed by atoms with Crippen molar-refractivity contribution in [1.29, 1.82) is 0 Å². The average Bonchev–Trinajstić information content (AvgIpc) is 3.48. The first kappa shape index (κ1) is 23.8. The summed E-state index contributed by atoms with van der Waals surface area (Å²) in [5.41, 5.74) is 0.906. The highest BCUT2D eigenvalue weighted by molar-refractivity contribution is 6.06. The van der Waals surface area contributed by atoms with Crippen LogP contribution < -0.4 is 10.2 Å². The number of pyridine rings is 1. The van der Waals surface area contributed by atoms with Gasteiger partial charge in [-0.3, -0.25) is 9.78 Å². The number of aromatic nitrogens is 3. The van der Waals surface area contributed by atoms with Gasteiger partial charge in [0.05, 0.1) is 16.9 Å². The van der Waals surface area contributed by atoms with E-state index in [1.54, 1.807) is 0 Å². The molecule has 2 saturated carbocycles. The van der Waals surface area contributed by atoms with Crippen LogP contribution in [0.4, 0.5) is 29.2 Å². The van der Waals surface area contributed by atoms with E-state index < -0.39 is 23.5 Å². The predicted molar refractivity (Wildman–Crippen MR) is 130 cm³/mol. The molecule has 1 N–H and O–H groups in total. The summed E-state index contributed by atoms with van der Waals surface area (Å²) in [5.74, 6) is -3.73. The number of hydrogen-bond acceptors (Lipinski definition) is 5. The first-order valence-electron chi connectivity index (χ1n) is 12.5. The zero-order chi connectivity index (χ0) is 25.7. The summed E-state index contributed by atoms with van der Waals surface area (Å²) in [5, 5.41) is 2.79. The van der Waals surface area contributed by atoms with E-state index in [4.69, 9.17) is 0 Å². The third-order valence-electron chi connectivity index (χ3n) is 7.81. The molecule has 4 heterocycles. The van der Waals surface area contributed by atoms with Crippen LogP contribution in [0, 0.1) is 17.6 Å². The summed E-state index contributed by atoms with van der Waals surface area (Å²) in [6, 6.07) is 4.98. The van der Waals surface area contributed by atoms with E-state index in [1.165, 1.54) is 24.7 Å². The quantitative estimate of drug-likeness (QED) is 0.428. The summed E-state index contributed by atoms with van der Waals surface area (Å²) in [4.78, 5) is 28.6. The van der Waals surface area contributed by atoms with Gasteiger partial charge in [-0.25, -0.2) is 27.5 Å². The van der Waals surface area contributed by atoms with Gasteiger partial charge >= 0.3 is 0 Å². The van der Waals surface area contributed by atoms with Crippen molar-refractivity contribution in [2.24, 2.45) is 5.92 Å². The summed E-state index contributed by atoms with van der Waals surface area (Å²) < 4.78 is 56.5. The van der Waals surface area contributed by atoms with Crippen molar-refractivity contribution in [2.45, 2.75) is 56.4 Å². The fourth-order valence-corrected chi connectivity index (χ4v) is 5.71. The first-order chi connectivity index (χ1) is 17.8. The number of benzene rings is 1. The van der Waals surface area contributed by atoms with Crippen molar-refractivity contribution in [2.75, 3.05) is 16.8 Å². The molecule has 0 unspecified atom stereocenters. The Morgan fingerprint density at radius 1 is 1.00 bits per heavy atom. The van der Waals surface area contributed by atoms with Crippen molar-refractivity contribution in [1.82, 2.24) is 15.0 Å². The Morgan fingerprint density at radius 3 is 2.41 bits per heavy atom. The molecule has 1 aromatic carbocycles. The molecule has 0 radical (unpaired) electrons. The Balaban J connectivity index is 1.33. The highest BCUT2D eigenvalue weighted by atomic mass is 19.3. The summed E-state index contributed by atoms with van der Waals surface area (Å²) in [7, 11) is 0. The number of anilines is 2. The number of nitrogens with zero attached hydrogens (tertiary/aromatic N) is 4. The Kier molecular flexibility index (Phi) is 5.84. The van der Waals surface area contributed by atoms with Gasteiger partial charge in [0.2, 0.25) is 11.9 Å². The van der Waals surface area contributed by atoms with Crippen molar-refractivity contribution < 1.29 is 22.4 Å². The van der Waals surface area contributed by atoms with Crippen molar-refractivity contribution in [3.05, 3.63) is 65.7 Å². The monoisotopic (exact) mass is 511 g/mol. The van der Waals surface area contributed by atoms with E-state index in [2.05, 4.69) is 25.2 Å². The lowest BCUT2D eigenvalue weighted by molar-refractivity contribution is -0.0384. The van der Waals surface area contributed by atoms with Gasteiger partial charge in [0.1, 0.15) is 11.6 Å². The van der Waals surface area contributed by atoms with Gasteiger partial charge in [0.15, 0.2) is 0 Å². The number of hydrogen-bond donors (Lipinski definition) is 1. The first-order valence-corrected chi connectivity index (χ1v) is 12.5. The van der Waals surface area contributed by atoms with Crippen LogP contribution in [0.2, 0.25) is 0 Å². The number of amides is 1. The average molecular weight is 512 g/mol. The van der Waals surface area contributed by atoms with Crippen LogP contribution >= 0.6 is 0 Å². The van der Waals surface area contributed by atoms with Gasteiger partial charge in [-0.2, -0.15) is 0 Å². The molecule has 192 valence electrons. The van der Waals surface area contributed by atoms with Crippen LogP contribution in [-0.2, 0) is 0 Å². The minimum atomic E-state index is -2.75. The molecule has 37 heavy (non-hydrogen) atoms. The minimum absolute atomic E-state index is 0.0558. The molecule has 1 amide bonds. The lowest BCUT2D eigenvalue weighted by Gasteiger charge is -2.29. The standard InChI is InChI=1S/C27H25F4N5O/c28-18-1-2-22(29)21(11-18)20-5-8-32-23(16-3-6-27(30,31)7-4-16)24(20)35-25(37)17-12-33-26(34-13-17)36-14-15-9-19(36)10-15/h1-2,5,8,11-13,15-16,19H,3-4,6-7,9-10,14H2,(H,35,37). The molecular weight excluding hydrogens is 486 g/mol. The molecule has 10 heteroatoms. The minimum Gasteiger partial charge on any atom is -0.338 e. The Hall–Kier alpha value is -3.56. The van der Waals surface area contributed by atoms with Crippen LogP contribution in [0.1, 0.15) is 60.5 Å². The van der Waals surface area contributed by atoms with E-state index >= 15 is 0 Å². The van der Waals surface area contributed by atoms with Gasteiger partial charge in [-0.15, -0.1) is 0 Å². The highest BCUT2D eigenvalue weighted by Gasteiger charge is 2.43.